The van der Waals surface area contributed by atoms with E-state index in [1.165, 1.54) is 11.8 Å². The summed E-state index contributed by atoms with van der Waals surface area (Å²) in [6, 6.07) is 31.8. The summed E-state index contributed by atoms with van der Waals surface area (Å²) >= 11 is 7.65. The van der Waals surface area contributed by atoms with Gasteiger partial charge in [-0.25, -0.2) is 0 Å². The summed E-state index contributed by atoms with van der Waals surface area (Å²) in [5.41, 5.74) is 3.12. The van der Waals surface area contributed by atoms with Crippen molar-refractivity contribution >= 4 is 46.6 Å². The normalized spacial score (nSPS) is 11.4. The van der Waals surface area contributed by atoms with Crippen molar-refractivity contribution in [1.29, 1.82) is 0 Å². The Morgan fingerprint density at radius 3 is 2.11 bits per heavy atom. The van der Waals surface area contributed by atoms with Gasteiger partial charge in [0.15, 0.2) is 0 Å². The van der Waals surface area contributed by atoms with Crippen LogP contribution in [0.25, 0.3) is 0 Å². The predicted molar refractivity (Wildman–Crippen MR) is 147 cm³/mol. The minimum atomic E-state index is -0.495. The summed E-state index contributed by atoms with van der Waals surface area (Å²) in [4.78, 5) is 26.6. The van der Waals surface area contributed by atoms with E-state index < -0.39 is 5.25 Å². The maximum absolute atomic E-state index is 13.3. The Kier molecular flexibility index (Phi) is 8.66. The Hall–Kier alpha value is -3.74. The van der Waals surface area contributed by atoms with Crippen LogP contribution >= 0.6 is 23.4 Å². The first-order valence-corrected chi connectivity index (χ1v) is 12.6. The standard InChI is InChI=1S/C29H25ClN2O3S/c1-35-26-17-14-23(19-25(26)30)32-29(34)28(21-10-6-3-7-11-21)36-24-15-12-22(13-16-24)31-27(33)18-20-8-4-2-5-9-20/h2-17,19,28H,18H2,1H3,(H,31,33)(H,32,34). The zero-order valence-corrected chi connectivity index (χ0v) is 21.2. The van der Waals surface area contributed by atoms with Crippen LogP contribution in [-0.4, -0.2) is 18.9 Å². The third-order valence-electron chi connectivity index (χ3n) is 5.36. The van der Waals surface area contributed by atoms with Crippen molar-refractivity contribution in [2.24, 2.45) is 0 Å². The summed E-state index contributed by atoms with van der Waals surface area (Å²) in [5.74, 6) is 0.286. The number of methoxy groups -OCH3 is 1. The number of halogens is 1. The molecule has 2 amide bonds. The monoisotopic (exact) mass is 516 g/mol. The summed E-state index contributed by atoms with van der Waals surface area (Å²) < 4.78 is 5.19. The second-order valence-electron chi connectivity index (χ2n) is 7.98. The van der Waals surface area contributed by atoms with Crippen LogP contribution in [0.2, 0.25) is 5.02 Å². The maximum Gasteiger partial charge on any atom is 0.242 e. The molecule has 4 rings (SSSR count). The van der Waals surface area contributed by atoms with Crippen molar-refractivity contribution in [2.45, 2.75) is 16.6 Å². The number of benzene rings is 4. The number of carbonyl (C=O) groups excluding carboxylic acids is 2. The second-order valence-corrected chi connectivity index (χ2v) is 9.57. The van der Waals surface area contributed by atoms with Crippen molar-refractivity contribution in [3.8, 4) is 5.75 Å². The van der Waals surface area contributed by atoms with E-state index >= 15 is 0 Å². The zero-order valence-electron chi connectivity index (χ0n) is 19.6. The van der Waals surface area contributed by atoms with Crippen molar-refractivity contribution in [1.82, 2.24) is 0 Å². The predicted octanol–water partition coefficient (Wildman–Crippen LogP) is 7.00. The lowest BCUT2D eigenvalue weighted by atomic mass is 10.1. The molecule has 2 N–H and O–H groups in total. The molecule has 4 aromatic carbocycles. The van der Waals surface area contributed by atoms with Crippen molar-refractivity contribution in [3.63, 3.8) is 0 Å². The fraction of sp³-hybridized carbons (Fsp3) is 0.103. The Balaban J connectivity index is 1.45. The average molecular weight is 517 g/mol. The highest BCUT2D eigenvalue weighted by molar-refractivity contribution is 8.00. The van der Waals surface area contributed by atoms with Crippen LogP contribution in [-0.2, 0) is 16.0 Å². The molecule has 0 spiro atoms. The van der Waals surface area contributed by atoms with Crippen LogP contribution in [0, 0.1) is 0 Å². The largest absolute Gasteiger partial charge is 0.495 e. The fourth-order valence-corrected chi connectivity index (χ4v) is 4.87. The van der Waals surface area contributed by atoms with Crippen LogP contribution in [0.5, 0.6) is 5.75 Å². The van der Waals surface area contributed by atoms with Crippen LogP contribution in [0.3, 0.4) is 0 Å². The van der Waals surface area contributed by atoms with Crippen molar-refractivity contribution < 1.29 is 14.3 Å². The van der Waals surface area contributed by atoms with E-state index in [1.54, 1.807) is 25.3 Å². The van der Waals surface area contributed by atoms with Crippen LogP contribution in [0.15, 0.2) is 108 Å². The number of thioether (sulfide) groups is 1. The van der Waals surface area contributed by atoms with Gasteiger partial charge in [0.2, 0.25) is 11.8 Å². The molecule has 5 nitrogen and oxygen atoms in total. The number of hydrogen-bond acceptors (Lipinski definition) is 4. The molecule has 0 radical (unpaired) electrons. The summed E-state index contributed by atoms with van der Waals surface area (Å²) in [6.07, 6.45) is 0.309. The number of ether oxygens (including phenoxy) is 1. The van der Waals surface area contributed by atoms with Gasteiger partial charge in [-0.2, -0.15) is 0 Å². The summed E-state index contributed by atoms with van der Waals surface area (Å²) in [5, 5.41) is 5.80. The van der Waals surface area contributed by atoms with Gasteiger partial charge < -0.3 is 15.4 Å². The van der Waals surface area contributed by atoms with Gasteiger partial charge in [0.25, 0.3) is 0 Å². The molecule has 182 valence electrons. The number of nitrogens with one attached hydrogen (secondary N) is 2. The Labute approximate surface area is 219 Å². The van der Waals surface area contributed by atoms with Gasteiger partial charge in [0.1, 0.15) is 11.0 Å². The van der Waals surface area contributed by atoms with Gasteiger partial charge in [-0.1, -0.05) is 72.3 Å². The molecular formula is C29H25ClN2O3S. The smallest absolute Gasteiger partial charge is 0.242 e. The number of amides is 2. The molecule has 0 aliphatic carbocycles. The molecule has 4 aromatic rings. The molecule has 7 heteroatoms. The first kappa shape index (κ1) is 25.4. The number of carbonyl (C=O) groups is 2. The third-order valence-corrected chi connectivity index (χ3v) is 6.92. The van der Waals surface area contributed by atoms with Crippen LogP contribution < -0.4 is 15.4 Å². The van der Waals surface area contributed by atoms with Gasteiger partial charge in [-0.3, -0.25) is 9.59 Å². The van der Waals surface area contributed by atoms with E-state index in [0.717, 1.165) is 16.0 Å². The van der Waals surface area contributed by atoms with Gasteiger partial charge >= 0.3 is 0 Å². The lowest BCUT2D eigenvalue weighted by Gasteiger charge is -2.18. The van der Waals surface area contributed by atoms with E-state index in [0.29, 0.717) is 28.6 Å². The van der Waals surface area contributed by atoms with Crippen molar-refractivity contribution in [2.75, 3.05) is 17.7 Å². The number of hydrogen-bond donors (Lipinski definition) is 2. The minimum Gasteiger partial charge on any atom is -0.495 e. The number of rotatable bonds is 9. The Morgan fingerprint density at radius 1 is 0.833 bits per heavy atom. The van der Waals surface area contributed by atoms with E-state index in [2.05, 4.69) is 10.6 Å². The minimum absolute atomic E-state index is 0.0821. The lowest BCUT2D eigenvalue weighted by Crippen LogP contribution is -2.19. The maximum atomic E-state index is 13.3. The van der Waals surface area contributed by atoms with Crippen LogP contribution in [0.4, 0.5) is 11.4 Å². The average Bonchev–Trinajstić information content (AvgIpc) is 2.89. The molecule has 0 aliphatic rings. The third kappa shape index (κ3) is 6.90. The summed E-state index contributed by atoms with van der Waals surface area (Å²) in [6.45, 7) is 0. The highest BCUT2D eigenvalue weighted by Gasteiger charge is 2.22. The highest BCUT2D eigenvalue weighted by Crippen LogP contribution is 2.37. The van der Waals surface area contributed by atoms with E-state index in [-0.39, 0.29) is 11.8 Å². The lowest BCUT2D eigenvalue weighted by molar-refractivity contribution is -0.116. The molecule has 0 aromatic heterocycles. The SMILES string of the molecule is COc1ccc(NC(=O)C(Sc2ccc(NC(=O)Cc3ccccc3)cc2)c2ccccc2)cc1Cl. The van der Waals surface area contributed by atoms with Gasteiger partial charge in [-0.05, 0) is 53.6 Å². The molecule has 0 saturated carbocycles. The van der Waals surface area contributed by atoms with Gasteiger partial charge in [-0.15, -0.1) is 11.8 Å². The van der Waals surface area contributed by atoms with Crippen LogP contribution in [0.1, 0.15) is 16.4 Å². The zero-order chi connectivity index (χ0) is 25.3. The Bertz CT molecular complexity index is 1320. The molecule has 1 unspecified atom stereocenters. The fourth-order valence-electron chi connectivity index (χ4n) is 3.59. The first-order valence-electron chi connectivity index (χ1n) is 11.3. The molecule has 0 heterocycles. The molecule has 0 aliphatic heterocycles. The topological polar surface area (TPSA) is 67.4 Å². The number of anilines is 2. The van der Waals surface area contributed by atoms with Gasteiger partial charge in [0, 0.05) is 16.3 Å². The molecule has 0 fully saturated rings. The molecule has 0 saturated heterocycles. The highest BCUT2D eigenvalue weighted by atomic mass is 35.5. The van der Waals surface area contributed by atoms with E-state index in [1.807, 2.05) is 84.9 Å². The molecule has 36 heavy (non-hydrogen) atoms. The first-order chi connectivity index (χ1) is 17.5. The molecular weight excluding hydrogens is 492 g/mol. The summed E-state index contributed by atoms with van der Waals surface area (Å²) in [7, 11) is 1.54. The van der Waals surface area contributed by atoms with Crippen molar-refractivity contribution in [3.05, 3.63) is 119 Å². The quantitative estimate of drug-likeness (QED) is 0.235. The van der Waals surface area contributed by atoms with E-state index in [4.69, 9.17) is 16.3 Å². The molecule has 0 bridgehead atoms. The van der Waals surface area contributed by atoms with Gasteiger partial charge in [0.05, 0.1) is 18.6 Å². The van der Waals surface area contributed by atoms with E-state index in [9.17, 15) is 9.59 Å². The second kappa shape index (κ2) is 12.3. The molecule has 1 atom stereocenters. The Morgan fingerprint density at radius 2 is 1.47 bits per heavy atom.